The summed E-state index contributed by atoms with van der Waals surface area (Å²) in [6.07, 6.45) is -2.17. The number of rotatable bonds is 6. The van der Waals surface area contributed by atoms with Crippen molar-refractivity contribution in [2.45, 2.75) is 31.7 Å². The Morgan fingerprint density at radius 2 is 2.05 bits per heavy atom. The second kappa shape index (κ2) is 7.19. The summed E-state index contributed by atoms with van der Waals surface area (Å²) in [5.74, 6) is -2.21. The van der Waals surface area contributed by atoms with Crippen molar-refractivity contribution >= 4 is 11.9 Å². The predicted octanol–water partition coefficient (Wildman–Crippen LogP) is 0.970. The largest absolute Gasteiger partial charge is 0.481 e. The molecule has 1 aromatic carbocycles. The summed E-state index contributed by atoms with van der Waals surface area (Å²) < 4.78 is 10.6. The molecule has 0 amide bonds. The highest BCUT2D eigenvalue weighted by molar-refractivity contribution is 5.72. The van der Waals surface area contributed by atoms with Crippen LogP contribution in [0, 0.1) is 5.92 Å². The first-order valence-electron chi connectivity index (χ1n) is 6.77. The summed E-state index contributed by atoms with van der Waals surface area (Å²) in [6.45, 7) is 0.403. The zero-order valence-corrected chi connectivity index (χ0v) is 11.5. The Hall–Kier alpha value is -1.92. The van der Waals surface area contributed by atoms with Gasteiger partial charge in [0.05, 0.1) is 32.2 Å². The molecule has 1 aliphatic heterocycles. The average molecular weight is 294 g/mol. The number of carboxylic acids is 1. The SMILES string of the molecule is O=C(O)C[C@@H]1C(O)CC(=O)O[C@H]1COCc1ccccc1. The Morgan fingerprint density at radius 1 is 1.33 bits per heavy atom. The minimum atomic E-state index is -1.04. The standard InChI is InChI=1S/C15H18O6/c16-12-7-15(19)21-13(11(12)6-14(17)18)9-20-8-10-4-2-1-3-5-10/h1-5,11-13,16H,6-9H2,(H,17,18)/t11-,12?,13+/m1/s1. The molecule has 114 valence electrons. The predicted molar refractivity (Wildman–Crippen MR) is 72.3 cm³/mol. The molecule has 6 heteroatoms. The van der Waals surface area contributed by atoms with Gasteiger partial charge >= 0.3 is 11.9 Å². The van der Waals surface area contributed by atoms with E-state index in [9.17, 15) is 14.7 Å². The number of carboxylic acid groups (broad SMARTS) is 1. The fourth-order valence-electron chi connectivity index (χ4n) is 2.37. The van der Waals surface area contributed by atoms with Crippen molar-refractivity contribution in [1.82, 2.24) is 0 Å². The van der Waals surface area contributed by atoms with E-state index < -0.39 is 30.1 Å². The Morgan fingerprint density at radius 3 is 2.71 bits per heavy atom. The van der Waals surface area contributed by atoms with Crippen molar-refractivity contribution in [3.05, 3.63) is 35.9 Å². The van der Waals surface area contributed by atoms with E-state index in [4.69, 9.17) is 14.6 Å². The van der Waals surface area contributed by atoms with Crippen LogP contribution in [0.4, 0.5) is 0 Å². The van der Waals surface area contributed by atoms with Gasteiger partial charge in [0.1, 0.15) is 6.10 Å². The Kier molecular flexibility index (Phi) is 5.30. The van der Waals surface area contributed by atoms with E-state index >= 15 is 0 Å². The van der Waals surface area contributed by atoms with Crippen molar-refractivity contribution in [2.24, 2.45) is 5.92 Å². The molecule has 0 spiro atoms. The van der Waals surface area contributed by atoms with Crippen molar-refractivity contribution in [1.29, 1.82) is 0 Å². The van der Waals surface area contributed by atoms with Crippen LogP contribution >= 0.6 is 0 Å². The second-order valence-electron chi connectivity index (χ2n) is 5.06. The van der Waals surface area contributed by atoms with Crippen LogP contribution in [-0.4, -0.2) is 41.0 Å². The quantitative estimate of drug-likeness (QED) is 0.759. The molecule has 1 heterocycles. The monoisotopic (exact) mass is 294 g/mol. The zero-order valence-electron chi connectivity index (χ0n) is 11.5. The van der Waals surface area contributed by atoms with Crippen molar-refractivity contribution in [2.75, 3.05) is 6.61 Å². The van der Waals surface area contributed by atoms with Gasteiger partial charge in [0.15, 0.2) is 0 Å². The van der Waals surface area contributed by atoms with Gasteiger partial charge in [0.2, 0.25) is 0 Å². The first-order valence-corrected chi connectivity index (χ1v) is 6.77. The van der Waals surface area contributed by atoms with E-state index in [1.165, 1.54) is 0 Å². The molecule has 1 saturated heterocycles. The van der Waals surface area contributed by atoms with Gasteiger partial charge in [-0.1, -0.05) is 30.3 Å². The highest BCUT2D eigenvalue weighted by atomic mass is 16.6. The lowest BCUT2D eigenvalue weighted by Crippen LogP contribution is -2.45. The van der Waals surface area contributed by atoms with Crippen LogP contribution in [0.3, 0.4) is 0 Å². The highest BCUT2D eigenvalue weighted by Crippen LogP contribution is 2.26. The lowest BCUT2D eigenvalue weighted by Gasteiger charge is -2.33. The first kappa shape index (κ1) is 15.5. The lowest BCUT2D eigenvalue weighted by molar-refractivity contribution is -0.178. The number of aliphatic hydroxyl groups is 1. The number of carbonyl (C=O) groups is 2. The summed E-state index contributed by atoms with van der Waals surface area (Å²) in [7, 11) is 0. The van der Waals surface area contributed by atoms with E-state index in [2.05, 4.69) is 0 Å². The third kappa shape index (κ3) is 4.54. The van der Waals surface area contributed by atoms with Crippen LogP contribution in [0.5, 0.6) is 0 Å². The number of hydrogen-bond acceptors (Lipinski definition) is 5. The smallest absolute Gasteiger partial charge is 0.308 e. The second-order valence-corrected chi connectivity index (χ2v) is 5.06. The van der Waals surface area contributed by atoms with E-state index in [0.29, 0.717) is 6.61 Å². The Balaban J connectivity index is 1.91. The molecule has 2 rings (SSSR count). The van der Waals surface area contributed by atoms with Gasteiger partial charge in [-0.05, 0) is 5.56 Å². The van der Waals surface area contributed by atoms with Crippen molar-refractivity contribution in [3.8, 4) is 0 Å². The summed E-state index contributed by atoms with van der Waals surface area (Å²) in [5.41, 5.74) is 0.968. The third-order valence-electron chi connectivity index (χ3n) is 3.43. The summed E-state index contributed by atoms with van der Waals surface area (Å²) in [6, 6.07) is 9.46. The summed E-state index contributed by atoms with van der Waals surface area (Å²) in [5, 5.41) is 18.7. The normalized spacial score (nSPS) is 25.4. The van der Waals surface area contributed by atoms with Crippen molar-refractivity contribution < 1.29 is 29.3 Å². The fourth-order valence-corrected chi connectivity index (χ4v) is 2.37. The molecular formula is C15H18O6. The fraction of sp³-hybridized carbons (Fsp3) is 0.467. The van der Waals surface area contributed by atoms with Gasteiger partial charge in [-0.2, -0.15) is 0 Å². The van der Waals surface area contributed by atoms with Crippen LogP contribution in [0.1, 0.15) is 18.4 Å². The molecule has 1 aromatic rings. The molecule has 0 saturated carbocycles. The molecule has 1 unspecified atom stereocenters. The van der Waals surface area contributed by atoms with Crippen LogP contribution < -0.4 is 0 Å². The Bertz CT molecular complexity index is 486. The molecular weight excluding hydrogens is 276 g/mol. The molecule has 1 aliphatic rings. The Labute approximate surface area is 122 Å². The van der Waals surface area contributed by atoms with Gasteiger partial charge in [-0.15, -0.1) is 0 Å². The minimum Gasteiger partial charge on any atom is -0.481 e. The van der Waals surface area contributed by atoms with Crippen molar-refractivity contribution in [3.63, 3.8) is 0 Å². The lowest BCUT2D eigenvalue weighted by atomic mass is 9.88. The van der Waals surface area contributed by atoms with E-state index in [1.54, 1.807) is 0 Å². The molecule has 0 aromatic heterocycles. The number of aliphatic hydroxyl groups excluding tert-OH is 1. The number of benzene rings is 1. The molecule has 0 aliphatic carbocycles. The molecule has 1 fully saturated rings. The number of hydrogen-bond donors (Lipinski definition) is 2. The van der Waals surface area contributed by atoms with E-state index in [0.717, 1.165) is 5.56 Å². The van der Waals surface area contributed by atoms with Crippen LogP contribution in [0.2, 0.25) is 0 Å². The first-order chi connectivity index (χ1) is 10.1. The topological polar surface area (TPSA) is 93.1 Å². The number of carbonyl (C=O) groups excluding carboxylic acids is 1. The van der Waals surface area contributed by atoms with Gasteiger partial charge in [0.25, 0.3) is 0 Å². The molecule has 6 nitrogen and oxygen atoms in total. The highest BCUT2D eigenvalue weighted by Gasteiger charge is 2.39. The molecule has 0 bridgehead atoms. The molecule has 0 radical (unpaired) electrons. The average Bonchev–Trinajstić information content (AvgIpc) is 2.43. The van der Waals surface area contributed by atoms with Gasteiger partial charge in [-0.25, -0.2) is 0 Å². The maximum absolute atomic E-state index is 11.4. The van der Waals surface area contributed by atoms with Gasteiger partial charge < -0.3 is 19.7 Å². The third-order valence-corrected chi connectivity index (χ3v) is 3.43. The van der Waals surface area contributed by atoms with Crippen LogP contribution in [0.25, 0.3) is 0 Å². The van der Waals surface area contributed by atoms with E-state index in [-0.39, 0.29) is 19.4 Å². The number of ether oxygens (including phenoxy) is 2. The van der Waals surface area contributed by atoms with Crippen LogP contribution in [0.15, 0.2) is 30.3 Å². The molecule has 3 atom stereocenters. The summed E-state index contributed by atoms with van der Waals surface area (Å²) >= 11 is 0. The van der Waals surface area contributed by atoms with Crippen LogP contribution in [-0.2, 0) is 25.7 Å². The number of cyclic esters (lactones) is 1. The number of esters is 1. The van der Waals surface area contributed by atoms with Gasteiger partial charge in [-0.3, -0.25) is 9.59 Å². The van der Waals surface area contributed by atoms with E-state index in [1.807, 2.05) is 30.3 Å². The van der Waals surface area contributed by atoms with Gasteiger partial charge in [0, 0.05) is 5.92 Å². The summed E-state index contributed by atoms with van der Waals surface area (Å²) in [4.78, 5) is 22.2. The molecule has 21 heavy (non-hydrogen) atoms. The zero-order chi connectivity index (χ0) is 15.2. The minimum absolute atomic E-state index is 0.0651. The maximum atomic E-state index is 11.4. The maximum Gasteiger partial charge on any atom is 0.308 e. The number of aliphatic carboxylic acids is 1. The molecule has 2 N–H and O–H groups in total.